The predicted molar refractivity (Wildman–Crippen MR) is 103 cm³/mol. The van der Waals surface area contributed by atoms with Crippen LogP contribution in [0.3, 0.4) is 0 Å². The molecule has 0 bridgehead atoms. The number of hydrogen-bond acceptors (Lipinski definition) is 7. The molecule has 0 atom stereocenters. The van der Waals surface area contributed by atoms with Gasteiger partial charge in [-0.3, -0.25) is 14.9 Å². The smallest absolute Gasteiger partial charge is 0.284 e. The van der Waals surface area contributed by atoms with E-state index in [0.29, 0.717) is 16.6 Å². The number of benzene rings is 1. The lowest BCUT2D eigenvalue weighted by Crippen LogP contribution is -2.22. The highest BCUT2D eigenvalue weighted by atomic mass is 32.2. The maximum atomic E-state index is 12.4. The Balaban J connectivity index is 1.75. The van der Waals surface area contributed by atoms with Gasteiger partial charge in [0.2, 0.25) is 0 Å². The number of hydrogen-bond donors (Lipinski definition) is 1. The molecule has 0 aliphatic carbocycles. The van der Waals surface area contributed by atoms with Gasteiger partial charge in [0.25, 0.3) is 11.6 Å². The van der Waals surface area contributed by atoms with E-state index < -0.39 is 4.92 Å². The van der Waals surface area contributed by atoms with Gasteiger partial charge >= 0.3 is 0 Å². The summed E-state index contributed by atoms with van der Waals surface area (Å²) in [5.41, 5.74) is 0.108. The van der Waals surface area contributed by atoms with Gasteiger partial charge in [-0.05, 0) is 42.4 Å². The zero-order chi connectivity index (χ0) is 19.4. The summed E-state index contributed by atoms with van der Waals surface area (Å²) in [5.74, 6) is -0.347. The summed E-state index contributed by atoms with van der Waals surface area (Å²) < 4.78 is 1.67. The van der Waals surface area contributed by atoms with E-state index in [1.165, 1.54) is 17.3 Å². The molecule has 2 heterocycles. The van der Waals surface area contributed by atoms with Gasteiger partial charge in [-0.1, -0.05) is 6.92 Å². The number of thiophene rings is 1. The molecule has 1 N–H and O–H groups in total. The minimum atomic E-state index is -0.498. The van der Waals surface area contributed by atoms with Crippen molar-refractivity contribution < 1.29 is 9.72 Å². The monoisotopic (exact) mass is 403 g/mol. The Labute approximate surface area is 163 Å². The van der Waals surface area contributed by atoms with E-state index in [1.54, 1.807) is 35.1 Å². The normalized spacial score (nSPS) is 10.7. The number of carbonyl (C=O) groups excluding carboxylic acids is 1. The fourth-order valence-electron chi connectivity index (χ4n) is 2.33. The maximum Gasteiger partial charge on any atom is 0.284 e. The molecule has 0 saturated carbocycles. The minimum Gasteiger partial charge on any atom is -0.347 e. The number of nitro groups is 1. The number of rotatable bonds is 7. The SMILES string of the molecule is CCc1ccc(CNC(=O)c2ccc(Sc3nncn3C)c([N+](=O)[O-])c2)s1. The first-order valence-corrected chi connectivity index (χ1v) is 9.77. The molecule has 0 unspecified atom stereocenters. The average molecular weight is 403 g/mol. The van der Waals surface area contributed by atoms with Crippen LogP contribution >= 0.6 is 23.1 Å². The summed E-state index contributed by atoms with van der Waals surface area (Å²) in [7, 11) is 1.75. The molecule has 3 aromatic rings. The Hall–Kier alpha value is -2.72. The first-order valence-electron chi connectivity index (χ1n) is 8.14. The molecule has 8 nitrogen and oxygen atoms in total. The number of carbonyl (C=O) groups is 1. The van der Waals surface area contributed by atoms with Gasteiger partial charge in [0.05, 0.1) is 16.4 Å². The van der Waals surface area contributed by atoms with Crippen LogP contribution in [0.1, 0.15) is 27.0 Å². The van der Waals surface area contributed by atoms with Crippen molar-refractivity contribution >= 4 is 34.7 Å². The van der Waals surface area contributed by atoms with Crippen molar-refractivity contribution in [3.05, 3.63) is 62.1 Å². The van der Waals surface area contributed by atoms with Crippen LogP contribution in [0.25, 0.3) is 0 Å². The van der Waals surface area contributed by atoms with Gasteiger partial charge in [0.15, 0.2) is 5.16 Å². The van der Waals surface area contributed by atoms with E-state index in [1.807, 2.05) is 12.1 Å². The Bertz CT molecular complexity index is 983. The lowest BCUT2D eigenvalue weighted by molar-refractivity contribution is -0.387. The summed E-state index contributed by atoms with van der Waals surface area (Å²) >= 11 is 2.77. The molecular weight excluding hydrogens is 386 g/mol. The van der Waals surface area contributed by atoms with E-state index in [4.69, 9.17) is 0 Å². The van der Waals surface area contributed by atoms with E-state index in [9.17, 15) is 14.9 Å². The second kappa shape index (κ2) is 8.31. The molecule has 0 aliphatic heterocycles. The number of amides is 1. The van der Waals surface area contributed by atoms with E-state index in [-0.39, 0.29) is 17.2 Å². The third kappa shape index (κ3) is 4.52. The largest absolute Gasteiger partial charge is 0.347 e. The lowest BCUT2D eigenvalue weighted by Gasteiger charge is -2.06. The van der Waals surface area contributed by atoms with Crippen LogP contribution in [0.5, 0.6) is 0 Å². The van der Waals surface area contributed by atoms with Crippen LogP contribution in [-0.4, -0.2) is 25.6 Å². The Morgan fingerprint density at radius 3 is 2.74 bits per heavy atom. The average Bonchev–Trinajstić information content (AvgIpc) is 3.29. The van der Waals surface area contributed by atoms with Crippen LogP contribution in [0.2, 0.25) is 0 Å². The van der Waals surface area contributed by atoms with Gasteiger partial charge in [0.1, 0.15) is 6.33 Å². The highest BCUT2D eigenvalue weighted by Crippen LogP contribution is 2.34. The number of aromatic nitrogens is 3. The van der Waals surface area contributed by atoms with Crippen LogP contribution in [0.4, 0.5) is 5.69 Å². The van der Waals surface area contributed by atoms with Crippen molar-refractivity contribution in [3.8, 4) is 0 Å². The number of aryl methyl sites for hydroxylation is 2. The summed E-state index contributed by atoms with van der Waals surface area (Å²) in [6.45, 7) is 2.47. The predicted octanol–water partition coefficient (Wildman–Crippen LogP) is 3.43. The van der Waals surface area contributed by atoms with E-state index in [2.05, 4.69) is 22.4 Å². The fraction of sp³-hybridized carbons (Fsp3) is 0.235. The topological polar surface area (TPSA) is 103 Å². The van der Waals surface area contributed by atoms with E-state index in [0.717, 1.165) is 23.1 Å². The molecule has 0 radical (unpaired) electrons. The van der Waals surface area contributed by atoms with Crippen LogP contribution in [-0.2, 0) is 20.0 Å². The molecule has 3 rings (SSSR count). The lowest BCUT2D eigenvalue weighted by atomic mass is 10.2. The number of nitrogens with zero attached hydrogens (tertiary/aromatic N) is 4. The Kier molecular flexibility index (Phi) is 5.87. The highest BCUT2D eigenvalue weighted by molar-refractivity contribution is 7.99. The van der Waals surface area contributed by atoms with Crippen LogP contribution in [0, 0.1) is 10.1 Å². The third-order valence-corrected chi connectivity index (χ3v) is 6.12. The first-order chi connectivity index (χ1) is 13.0. The molecule has 0 fully saturated rings. The highest BCUT2D eigenvalue weighted by Gasteiger charge is 2.20. The zero-order valence-electron chi connectivity index (χ0n) is 14.7. The zero-order valence-corrected chi connectivity index (χ0v) is 16.3. The van der Waals surface area contributed by atoms with Crippen LogP contribution < -0.4 is 5.32 Å². The molecule has 2 aromatic heterocycles. The second-order valence-corrected chi connectivity index (χ2v) is 7.93. The molecule has 27 heavy (non-hydrogen) atoms. The van der Waals surface area contributed by atoms with Crippen molar-refractivity contribution in [3.63, 3.8) is 0 Å². The molecule has 0 spiro atoms. The van der Waals surface area contributed by atoms with Crippen molar-refractivity contribution in [1.82, 2.24) is 20.1 Å². The summed E-state index contributed by atoms with van der Waals surface area (Å²) in [6, 6.07) is 8.45. The molecule has 10 heteroatoms. The summed E-state index contributed by atoms with van der Waals surface area (Å²) in [5, 5.41) is 22.5. The van der Waals surface area contributed by atoms with Gasteiger partial charge < -0.3 is 9.88 Å². The molecular formula is C17H17N5O3S2. The quantitative estimate of drug-likeness (QED) is 0.479. The fourth-order valence-corrected chi connectivity index (χ4v) is 4.08. The standard InChI is InChI=1S/C17H17N5O3S2/c1-3-12-5-6-13(26-12)9-18-16(23)11-4-7-15(14(8-11)22(24)25)27-17-20-19-10-21(17)2/h4-8,10H,3,9H2,1-2H3,(H,18,23). The maximum absolute atomic E-state index is 12.4. The molecule has 1 aromatic carbocycles. The Morgan fingerprint density at radius 2 is 2.11 bits per heavy atom. The van der Waals surface area contributed by atoms with Gasteiger partial charge in [0, 0.05) is 28.4 Å². The van der Waals surface area contributed by atoms with Gasteiger partial charge in [-0.2, -0.15) is 0 Å². The van der Waals surface area contributed by atoms with Crippen molar-refractivity contribution in [2.24, 2.45) is 7.05 Å². The van der Waals surface area contributed by atoms with Crippen molar-refractivity contribution in [2.75, 3.05) is 0 Å². The molecule has 140 valence electrons. The van der Waals surface area contributed by atoms with Crippen LogP contribution in [0.15, 0.2) is 46.7 Å². The Morgan fingerprint density at radius 1 is 1.33 bits per heavy atom. The molecule has 0 saturated heterocycles. The van der Waals surface area contributed by atoms with Crippen molar-refractivity contribution in [2.45, 2.75) is 29.9 Å². The summed E-state index contributed by atoms with van der Waals surface area (Å²) in [6.07, 6.45) is 2.47. The summed E-state index contributed by atoms with van der Waals surface area (Å²) in [4.78, 5) is 26.0. The molecule has 1 amide bonds. The first kappa shape index (κ1) is 19.1. The van der Waals surface area contributed by atoms with Crippen molar-refractivity contribution in [1.29, 1.82) is 0 Å². The number of nitro benzene ring substituents is 1. The minimum absolute atomic E-state index is 0.139. The third-order valence-electron chi connectivity index (χ3n) is 3.78. The van der Waals surface area contributed by atoms with E-state index >= 15 is 0 Å². The second-order valence-electron chi connectivity index (χ2n) is 5.67. The molecule has 0 aliphatic rings. The number of nitrogens with one attached hydrogen (secondary N) is 1. The van der Waals surface area contributed by atoms with Gasteiger partial charge in [-0.25, -0.2) is 0 Å². The van der Waals surface area contributed by atoms with Gasteiger partial charge in [-0.15, -0.1) is 21.5 Å².